The Bertz CT molecular complexity index is 601. The molecule has 0 N–H and O–H groups in total. The monoisotopic (exact) mass is 286 g/mol. The van der Waals surface area contributed by atoms with E-state index in [2.05, 4.69) is 4.74 Å². The van der Waals surface area contributed by atoms with Gasteiger partial charge >= 0.3 is 5.97 Å². The van der Waals surface area contributed by atoms with Crippen LogP contribution in [0.2, 0.25) is 0 Å². The van der Waals surface area contributed by atoms with Crippen molar-refractivity contribution in [2.75, 3.05) is 13.7 Å². The first kappa shape index (κ1) is 15.2. The molecule has 1 aliphatic rings. The Morgan fingerprint density at radius 1 is 1.29 bits per heavy atom. The molecule has 0 aliphatic heterocycles. The van der Waals surface area contributed by atoms with Crippen molar-refractivity contribution in [3.05, 3.63) is 59.7 Å². The number of rotatable bonds is 5. The molecule has 4 nitrogen and oxygen atoms in total. The van der Waals surface area contributed by atoms with Gasteiger partial charge in [0.15, 0.2) is 5.78 Å². The third kappa shape index (κ3) is 3.47. The van der Waals surface area contributed by atoms with Gasteiger partial charge < -0.3 is 9.47 Å². The number of fused-ring (bicyclic) bond motifs is 1. The number of carbonyl (C=O) groups is 2. The van der Waals surface area contributed by atoms with Gasteiger partial charge in [-0.25, -0.2) is 0 Å². The summed E-state index contributed by atoms with van der Waals surface area (Å²) >= 11 is 0. The average Bonchev–Trinajstić information content (AvgIpc) is 2.51. The smallest absolute Gasteiger partial charge is 0.309 e. The third-order valence-electron chi connectivity index (χ3n) is 3.44. The van der Waals surface area contributed by atoms with Crippen molar-refractivity contribution in [3.8, 4) is 0 Å². The van der Waals surface area contributed by atoms with Gasteiger partial charge in [0, 0.05) is 5.56 Å². The van der Waals surface area contributed by atoms with Crippen LogP contribution in [0.25, 0.3) is 0 Å². The molecular weight excluding hydrogens is 268 g/mol. The first-order valence-electron chi connectivity index (χ1n) is 6.75. The normalized spacial score (nSPS) is 20.6. The maximum absolute atomic E-state index is 11.8. The van der Waals surface area contributed by atoms with E-state index < -0.39 is 5.60 Å². The lowest BCUT2D eigenvalue weighted by Crippen LogP contribution is -2.29. The summed E-state index contributed by atoms with van der Waals surface area (Å²) in [5.74, 6) is -0.293. The molecule has 110 valence electrons. The zero-order valence-corrected chi connectivity index (χ0v) is 12.2. The Morgan fingerprint density at radius 3 is 2.81 bits per heavy atom. The lowest BCUT2D eigenvalue weighted by Gasteiger charge is -2.30. The molecule has 0 saturated carbocycles. The highest BCUT2D eigenvalue weighted by Crippen LogP contribution is 2.33. The molecule has 0 amide bonds. The first-order valence-corrected chi connectivity index (χ1v) is 6.75. The third-order valence-corrected chi connectivity index (χ3v) is 3.44. The first-order chi connectivity index (χ1) is 10.1. The minimum absolute atomic E-state index is 0.00657. The number of ether oxygens (including phenoxy) is 2. The quantitative estimate of drug-likeness (QED) is 0.617. The molecule has 0 bridgehead atoms. The molecule has 1 aromatic carbocycles. The summed E-state index contributed by atoms with van der Waals surface area (Å²) in [5, 5.41) is 0. The minimum atomic E-state index is -0.639. The molecular formula is C17H18O4. The average molecular weight is 286 g/mol. The number of allylic oxidation sites excluding steroid dienone is 1. The summed E-state index contributed by atoms with van der Waals surface area (Å²) in [6, 6.07) is 7.43. The van der Waals surface area contributed by atoms with Gasteiger partial charge in [-0.1, -0.05) is 36.4 Å². The summed E-state index contributed by atoms with van der Waals surface area (Å²) in [5.41, 5.74) is 0.889. The second-order valence-electron chi connectivity index (χ2n) is 4.91. The molecule has 2 rings (SSSR count). The van der Waals surface area contributed by atoms with Crippen LogP contribution in [0, 0.1) is 0 Å². The fourth-order valence-electron chi connectivity index (χ4n) is 2.22. The van der Waals surface area contributed by atoms with Crippen LogP contribution in [0.1, 0.15) is 29.3 Å². The molecule has 0 heterocycles. The molecule has 1 aromatic rings. The Balaban J connectivity index is 2.04. The van der Waals surface area contributed by atoms with Gasteiger partial charge in [0.05, 0.1) is 20.1 Å². The molecule has 0 radical (unpaired) electrons. The fourth-order valence-corrected chi connectivity index (χ4v) is 2.22. The summed E-state index contributed by atoms with van der Waals surface area (Å²) in [6.07, 6.45) is 7.02. The van der Waals surface area contributed by atoms with Gasteiger partial charge in [-0.3, -0.25) is 9.59 Å². The van der Waals surface area contributed by atoms with Crippen LogP contribution in [0.15, 0.2) is 48.6 Å². The molecule has 1 aliphatic carbocycles. The second-order valence-corrected chi connectivity index (χ2v) is 4.91. The summed E-state index contributed by atoms with van der Waals surface area (Å²) in [7, 11) is 1.36. The molecule has 0 aromatic heterocycles. The highest BCUT2D eigenvalue weighted by molar-refractivity contribution is 6.07. The summed E-state index contributed by atoms with van der Waals surface area (Å²) < 4.78 is 10.4. The van der Waals surface area contributed by atoms with Crippen LogP contribution in [0.5, 0.6) is 0 Å². The van der Waals surface area contributed by atoms with Crippen LogP contribution < -0.4 is 0 Å². The van der Waals surface area contributed by atoms with Gasteiger partial charge in [0.25, 0.3) is 0 Å². The molecule has 0 fully saturated rings. The van der Waals surface area contributed by atoms with Crippen molar-refractivity contribution >= 4 is 11.8 Å². The van der Waals surface area contributed by atoms with E-state index in [-0.39, 0.29) is 18.2 Å². The largest absolute Gasteiger partial charge is 0.469 e. The maximum atomic E-state index is 11.8. The highest BCUT2D eigenvalue weighted by atomic mass is 16.5. The predicted molar refractivity (Wildman–Crippen MR) is 79.0 cm³/mol. The Morgan fingerprint density at radius 2 is 2.05 bits per heavy atom. The van der Waals surface area contributed by atoms with E-state index in [1.807, 2.05) is 25.1 Å². The van der Waals surface area contributed by atoms with Crippen molar-refractivity contribution in [1.29, 1.82) is 0 Å². The number of ketones is 1. The van der Waals surface area contributed by atoms with Gasteiger partial charge in [0.2, 0.25) is 0 Å². The number of benzene rings is 1. The maximum Gasteiger partial charge on any atom is 0.309 e. The van der Waals surface area contributed by atoms with E-state index in [0.717, 1.165) is 5.56 Å². The zero-order valence-electron chi connectivity index (χ0n) is 12.2. The molecule has 0 saturated heterocycles. The van der Waals surface area contributed by atoms with E-state index in [4.69, 9.17) is 4.74 Å². The van der Waals surface area contributed by atoms with E-state index >= 15 is 0 Å². The molecule has 0 unspecified atom stereocenters. The number of methoxy groups -OCH3 is 1. The second kappa shape index (κ2) is 6.50. The topological polar surface area (TPSA) is 52.6 Å². The number of hydrogen-bond acceptors (Lipinski definition) is 4. The van der Waals surface area contributed by atoms with Crippen molar-refractivity contribution < 1.29 is 19.1 Å². The Labute approximate surface area is 124 Å². The van der Waals surface area contributed by atoms with E-state index in [1.165, 1.54) is 7.11 Å². The lowest BCUT2D eigenvalue weighted by molar-refractivity contribution is -0.139. The lowest BCUT2D eigenvalue weighted by atomic mass is 9.84. The predicted octanol–water partition coefficient (Wildman–Crippen LogP) is 2.79. The molecule has 1 atom stereocenters. The van der Waals surface area contributed by atoms with Crippen molar-refractivity contribution in [3.63, 3.8) is 0 Å². The van der Waals surface area contributed by atoms with Gasteiger partial charge in [0.1, 0.15) is 5.60 Å². The Hall–Kier alpha value is -2.20. The van der Waals surface area contributed by atoms with E-state index in [0.29, 0.717) is 12.2 Å². The van der Waals surface area contributed by atoms with Crippen LogP contribution in [-0.2, 0) is 19.9 Å². The Kier molecular flexibility index (Phi) is 4.70. The highest BCUT2D eigenvalue weighted by Gasteiger charge is 2.31. The number of hydrogen-bond donors (Lipinski definition) is 0. The van der Waals surface area contributed by atoms with Crippen molar-refractivity contribution in [2.24, 2.45) is 0 Å². The SMILES string of the molecule is COC(=O)C/C=C/CO[C@]1(C)C=CC(=O)c2ccccc21. The summed E-state index contributed by atoms with van der Waals surface area (Å²) in [4.78, 5) is 22.8. The molecule has 21 heavy (non-hydrogen) atoms. The van der Waals surface area contributed by atoms with Gasteiger partial charge in [-0.15, -0.1) is 0 Å². The van der Waals surface area contributed by atoms with Gasteiger partial charge in [-0.05, 0) is 24.6 Å². The van der Waals surface area contributed by atoms with E-state index in [9.17, 15) is 9.59 Å². The van der Waals surface area contributed by atoms with E-state index in [1.54, 1.807) is 30.4 Å². The van der Waals surface area contributed by atoms with Gasteiger partial charge in [-0.2, -0.15) is 0 Å². The van der Waals surface area contributed by atoms with Crippen LogP contribution in [0.4, 0.5) is 0 Å². The van der Waals surface area contributed by atoms with Crippen molar-refractivity contribution in [1.82, 2.24) is 0 Å². The van der Waals surface area contributed by atoms with Crippen LogP contribution >= 0.6 is 0 Å². The molecule has 0 spiro atoms. The van der Waals surface area contributed by atoms with Crippen LogP contribution in [0.3, 0.4) is 0 Å². The standard InChI is InChI=1S/C17H18O4/c1-17(21-12-6-5-9-16(19)20-2)11-10-15(18)13-7-3-4-8-14(13)17/h3-8,10-11H,9,12H2,1-2H3/b6-5+/t17-/m1/s1. The zero-order chi connectivity index (χ0) is 15.3. The fraction of sp³-hybridized carbons (Fsp3) is 0.294. The van der Waals surface area contributed by atoms with Crippen LogP contribution in [-0.4, -0.2) is 25.5 Å². The summed E-state index contributed by atoms with van der Waals surface area (Å²) in [6.45, 7) is 2.27. The minimum Gasteiger partial charge on any atom is -0.469 e. The number of carbonyl (C=O) groups excluding carboxylic acids is 2. The van der Waals surface area contributed by atoms with Crippen molar-refractivity contribution in [2.45, 2.75) is 18.9 Å². The molecule has 4 heteroatoms. The number of esters is 1.